The van der Waals surface area contributed by atoms with Gasteiger partial charge in [0.15, 0.2) is 11.6 Å². The van der Waals surface area contributed by atoms with Crippen molar-refractivity contribution in [1.82, 2.24) is 25.7 Å². The van der Waals surface area contributed by atoms with E-state index in [1.54, 1.807) is 36.7 Å². The first-order valence-corrected chi connectivity index (χ1v) is 3.72. The van der Waals surface area contributed by atoms with E-state index in [1.165, 1.54) is 0 Å². The zero-order valence-electron chi connectivity index (χ0n) is 6.70. The molecule has 0 aromatic carbocycles. The number of hydrogen-bond acceptors (Lipinski definition) is 4. The molecular weight excluding hydrogens is 166 g/mol. The second-order valence-corrected chi connectivity index (χ2v) is 2.28. The third-order valence-electron chi connectivity index (χ3n) is 1.35. The average Bonchev–Trinajstić information content (AvgIpc) is 2.21. The molecule has 0 fully saturated rings. The largest absolute Gasteiger partial charge is 0.206 e. The Morgan fingerprint density at radius 3 is 1.77 bits per heavy atom. The molecule has 2 aromatic rings. The van der Waals surface area contributed by atoms with E-state index in [0.29, 0.717) is 11.6 Å². The van der Waals surface area contributed by atoms with Crippen LogP contribution < -0.4 is 5.32 Å². The zero-order valence-corrected chi connectivity index (χ0v) is 6.70. The molecule has 0 bridgehead atoms. The van der Waals surface area contributed by atoms with E-state index in [4.69, 9.17) is 0 Å². The summed E-state index contributed by atoms with van der Waals surface area (Å²) in [6.07, 6.45) is 3.19. The number of aromatic nitrogens is 4. The van der Waals surface area contributed by atoms with E-state index in [1.807, 2.05) is 0 Å². The second-order valence-electron chi connectivity index (χ2n) is 2.28. The van der Waals surface area contributed by atoms with E-state index in [9.17, 15) is 0 Å². The van der Waals surface area contributed by atoms with Crippen LogP contribution in [0.25, 0.3) is 0 Å². The van der Waals surface area contributed by atoms with E-state index in [2.05, 4.69) is 25.7 Å². The van der Waals surface area contributed by atoms with Crippen molar-refractivity contribution in [3.63, 3.8) is 0 Å². The minimum Gasteiger partial charge on any atom is -0.206 e. The molecule has 63 valence electrons. The minimum atomic E-state index is 0.531. The standard InChI is InChI=1S/C8H6N5/c1-3-7(12-9-5-1)11-8-4-2-6-10-13-8/h1-6H. The van der Waals surface area contributed by atoms with Gasteiger partial charge in [0.2, 0.25) is 0 Å². The van der Waals surface area contributed by atoms with Gasteiger partial charge < -0.3 is 0 Å². The molecule has 2 rings (SSSR count). The van der Waals surface area contributed by atoms with Gasteiger partial charge in [0.1, 0.15) is 0 Å². The molecule has 5 nitrogen and oxygen atoms in total. The van der Waals surface area contributed by atoms with Gasteiger partial charge in [0.25, 0.3) is 0 Å². The number of hydrogen-bond donors (Lipinski definition) is 0. The molecule has 0 N–H and O–H groups in total. The van der Waals surface area contributed by atoms with E-state index < -0.39 is 0 Å². The molecule has 0 saturated carbocycles. The van der Waals surface area contributed by atoms with Crippen LogP contribution in [0.3, 0.4) is 0 Å². The summed E-state index contributed by atoms with van der Waals surface area (Å²) < 4.78 is 0. The fourth-order valence-electron chi connectivity index (χ4n) is 0.823. The van der Waals surface area contributed by atoms with Gasteiger partial charge in [-0.2, -0.15) is 10.2 Å². The van der Waals surface area contributed by atoms with Crippen LogP contribution in [0, 0.1) is 0 Å². The zero-order chi connectivity index (χ0) is 8.93. The first kappa shape index (κ1) is 7.60. The molecule has 5 heteroatoms. The molecule has 0 spiro atoms. The summed E-state index contributed by atoms with van der Waals surface area (Å²) in [6, 6.07) is 7.04. The maximum atomic E-state index is 4.09. The Balaban J connectivity index is 2.16. The van der Waals surface area contributed by atoms with Crippen molar-refractivity contribution in [1.29, 1.82) is 0 Å². The molecule has 0 unspecified atom stereocenters. The third-order valence-corrected chi connectivity index (χ3v) is 1.35. The summed E-state index contributed by atoms with van der Waals surface area (Å²) in [5, 5.41) is 19.1. The lowest BCUT2D eigenvalue weighted by molar-refractivity contribution is 0.916. The van der Waals surface area contributed by atoms with Gasteiger partial charge >= 0.3 is 0 Å². The van der Waals surface area contributed by atoms with Crippen LogP contribution in [0.5, 0.6) is 0 Å². The summed E-state index contributed by atoms with van der Waals surface area (Å²) >= 11 is 0. The van der Waals surface area contributed by atoms with E-state index in [-0.39, 0.29) is 0 Å². The van der Waals surface area contributed by atoms with Crippen LogP contribution in [-0.2, 0) is 0 Å². The SMILES string of the molecule is c1cnnc([N]c2cccnn2)c1. The normalized spacial score (nSPS) is 9.54. The van der Waals surface area contributed by atoms with E-state index in [0.717, 1.165) is 0 Å². The van der Waals surface area contributed by atoms with Crippen molar-refractivity contribution in [2.45, 2.75) is 0 Å². The van der Waals surface area contributed by atoms with Crippen LogP contribution in [-0.4, -0.2) is 20.4 Å². The molecule has 2 heterocycles. The van der Waals surface area contributed by atoms with Gasteiger partial charge in [-0.3, -0.25) is 0 Å². The van der Waals surface area contributed by atoms with Gasteiger partial charge in [-0.25, -0.2) is 5.32 Å². The van der Waals surface area contributed by atoms with Crippen molar-refractivity contribution in [3.8, 4) is 0 Å². The Morgan fingerprint density at radius 1 is 0.846 bits per heavy atom. The highest BCUT2D eigenvalue weighted by Crippen LogP contribution is 2.07. The first-order valence-electron chi connectivity index (χ1n) is 3.72. The Morgan fingerprint density at radius 2 is 1.38 bits per heavy atom. The fourth-order valence-corrected chi connectivity index (χ4v) is 0.823. The predicted molar refractivity (Wildman–Crippen MR) is 45.5 cm³/mol. The Labute approximate surface area is 74.9 Å². The lowest BCUT2D eigenvalue weighted by Gasteiger charge is -1.96. The van der Waals surface area contributed by atoms with Gasteiger partial charge in [0, 0.05) is 12.4 Å². The molecule has 0 aliphatic heterocycles. The summed E-state index contributed by atoms with van der Waals surface area (Å²) in [7, 11) is 0. The smallest absolute Gasteiger partial charge is 0.176 e. The molecule has 0 amide bonds. The van der Waals surface area contributed by atoms with Crippen LogP contribution in [0.4, 0.5) is 11.6 Å². The fraction of sp³-hybridized carbons (Fsp3) is 0. The van der Waals surface area contributed by atoms with Gasteiger partial charge in [-0.15, -0.1) is 10.2 Å². The lowest BCUT2D eigenvalue weighted by Crippen LogP contribution is -1.95. The highest BCUT2D eigenvalue weighted by molar-refractivity contribution is 5.36. The van der Waals surface area contributed by atoms with Crippen LogP contribution in [0.2, 0.25) is 0 Å². The maximum Gasteiger partial charge on any atom is 0.176 e. The first-order chi connectivity index (χ1) is 6.45. The quantitative estimate of drug-likeness (QED) is 0.673. The number of nitrogens with zero attached hydrogens (tertiary/aromatic N) is 5. The molecule has 0 saturated heterocycles. The molecule has 0 aliphatic rings. The summed E-state index contributed by atoms with van der Waals surface area (Å²) in [6.45, 7) is 0. The second kappa shape index (κ2) is 3.57. The monoisotopic (exact) mass is 172 g/mol. The van der Waals surface area contributed by atoms with Crippen LogP contribution >= 0.6 is 0 Å². The average molecular weight is 172 g/mol. The van der Waals surface area contributed by atoms with Crippen molar-refractivity contribution in [2.24, 2.45) is 0 Å². The Hall–Kier alpha value is -2.04. The molecule has 0 atom stereocenters. The maximum absolute atomic E-state index is 4.09. The molecule has 1 radical (unpaired) electrons. The summed E-state index contributed by atoms with van der Waals surface area (Å²) in [5.41, 5.74) is 0. The summed E-state index contributed by atoms with van der Waals surface area (Å²) in [5.74, 6) is 1.06. The topological polar surface area (TPSA) is 65.7 Å². The number of rotatable bonds is 2. The van der Waals surface area contributed by atoms with E-state index >= 15 is 0 Å². The molecule has 2 aromatic heterocycles. The Kier molecular flexibility index (Phi) is 2.09. The van der Waals surface area contributed by atoms with Crippen molar-refractivity contribution in [3.05, 3.63) is 36.7 Å². The van der Waals surface area contributed by atoms with Gasteiger partial charge in [-0.05, 0) is 24.3 Å². The van der Waals surface area contributed by atoms with Gasteiger partial charge in [-0.1, -0.05) is 0 Å². The molecule has 0 aliphatic carbocycles. The molecule has 13 heavy (non-hydrogen) atoms. The third kappa shape index (κ3) is 1.96. The summed E-state index contributed by atoms with van der Waals surface area (Å²) in [4.78, 5) is 0. The minimum absolute atomic E-state index is 0.531. The van der Waals surface area contributed by atoms with Gasteiger partial charge in [0.05, 0.1) is 0 Å². The molecular formula is C8H6N5. The van der Waals surface area contributed by atoms with Crippen LogP contribution in [0.1, 0.15) is 0 Å². The van der Waals surface area contributed by atoms with Crippen molar-refractivity contribution >= 4 is 11.6 Å². The van der Waals surface area contributed by atoms with Crippen molar-refractivity contribution in [2.75, 3.05) is 0 Å². The van der Waals surface area contributed by atoms with Crippen LogP contribution in [0.15, 0.2) is 36.7 Å². The van der Waals surface area contributed by atoms with Crippen molar-refractivity contribution < 1.29 is 0 Å². The Bertz CT molecular complexity index is 323. The predicted octanol–water partition coefficient (Wildman–Crippen LogP) is 0.834. The highest BCUT2D eigenvalue weighted by atomic mass is 15.2. The lowest BCUT2D eigenvalue weighted by atomic mass is 10.5. The highest BCUT2D eigenvalue weighted by Gasteiger charge is 1.97.